The average molecular weight is 479 g/mol. The van der Waals surface area contributed by atoms with Crippen LogP contribution in [0.2, 0.25) is 0 Å². The number of carbonyl (C=O) groups is 1. The lowest BCUT2D eigenvalue weighted by Gasteiger charge is -2.22. The quantitative estimate of drug-likeness (QED) is 0.577. The third-order valence-electron chi connectivity index (χ3n) is 4.37. The van der Waals surface area contributed by atoms with Gasteiger partial charge in [-0.25, -0.2) is 0 Å². The van der Waals surface area contributed by atoms with Crippen molar-refractivity contribution in [3.8, 4) is 0 Å². The maximum atomic E-state index is 13.1. The number of sulfonamides is 1. The SMILES string of the molecule is C[C@@H]1Cc2ccccc2N1S(=O)(=O)c1nnc(NC(=O)c2ccccc2Br)s1. The van der Waals surface area contributed by atoms with Crippen molar-refractivity contribution in [3.63, 3.8) is 0 Å². The molecular formula is C18H15BrN4O3S2. The molecule has 1 amide bonds. The molecule has 0 unspecified atom stereocenters. The number of hydrogen-bond donors (Lipinski definition) is 1. The topological polar surface area (TPSA) is 92.3 Å². The van der Waals surface area contributed by atoms with Crippen LogP contribution in [0.1, 0.15) is 22.8 Å². The van der Waals surface area contributed by atoms with E-state index in [9.17, 15) is 13.2 Å². The molecule has 4 rings (SSSR count). The summed E-state index contributed by atoms with van der Waals surface area (Å²) in [5.41, 5.74) is 2.05. The van der Waals surface area contributed by atoms with Gasteiger partial charge in [-0.05, 0) is 53.0 Å². The van der Waals surface area contributed by atoms with Gasteiger partial charge < -0.3 is 0 Å². The van der Waals surface area contributed by atoms with Crippen LogP contribution in [0.3, 0.4) is 0 Å². The van der Waals surface area contributed by atoms with Gasteiger partial charge in [-0.1, -0.05) is 41.7 Å². The second-order valence-corrected chi connectivity index (χ2v) is 10.1. The van der Waals surface area contributed by atoms with Gasteiger partial charge in [-0.2, -0.15) is 8.42 Å². The number of hydrogen-bond acceptors (Lipinski definition) is 6. The molecule has 0 saturated heterocycles. The first-order chi connectivity index (χ1) is 13.4. The van der Waals surface area contributed by atoms with Crippen LogP contribution < -0.4 is 9.62 Å². The van der Waals surface area contributed by atoms with Crippen LogP contribution >= 0.6 is 27.3 Å². The summed E-state index contributed by atoms with van der Waals surface area (Å²) in [6.07, 6.45) is 0.639. The molecule has 0 radical (unpaired) electrons. The van der Waals surface area contributed by atoms with E-state index < -0.39 is 15.9 Å². The zero-order valence-corrected chi connectivity index (χ0v) is 17.9. The van der Waals surface area contributed by atoms with Gasteiger partial charge in [0.15, 0.2) is 0 Å². The molecule has 0 bridgehead atoms. The fourth-order valence-electron chi connectivity index (χ4n) is 3.16. The standard InChI is InChI=1S/C18H15BrN4O3S2/c1-11-10-12-6-2-5-9-15(12)23(11)28(25,26)18-22-21-17(27-18)20-16(24)13-7-3-4-8-14(13)19/h2-9,11H,10H2,1H3,(H,20,21,24)/t11-/m1/s1. The summed E-state index contributed by atoms with van der Waals surface area (Å²) in [6.45, 7) is 1.86. The van der Waals surface area contributed by atoms with Gasteiger partial charge in [-0.3, -0.25) is 14.4 Å². The summed E-state index contributed by atoms with van der Waals surface area (Å²) >= 11 is 4.15. The Balaban J connectivity index is 1.61. The first-order valence-corrected chi connectivity index (χ1v) is 11.4. The van der Waals surface area contributed by atoms with E-state index in [1.54, 1.807) is 30.3 Å². The van der Waals surface area contributed by atoms with E-state index >= 15 is 0 Å². The zero-order chi connectivity index (χ0) is 19.9. The van der Waals surface area contributed by atoms with Crippen molar-refractivity contribution in [2.24, 2.45) is 0 Å². The Morgan fingerprint density at radius 2 is 1.89 bits per heavy atom. The maximum Gasteiger partial charge on any atom is 0.293 e. The van der Waals surface area contributed by atoms with Gasteiger partial charge in [0.2, 0.25) is 5.13 Å². The van der Waals surface area contributed by atoms with Crippen LogP contribution in [-0.4, -0.2) is 30.6 Å². The van der Waals surface area contributed by atoms with Crippen molar-refractivity contribution in [2.45, 2.75) is 23.7 Å². The molecule has 1 aliphatic rings. The van der Waals surface area contributed by atoms with Crippen LogP contribution in [0.5, 0.6) is 0 Å². The van der Waals surface area contributed by atoms with Crippen molar-refractivity contribution >= 4 is 54.0 Å². The number of fused-ring (bicyclic) bond motifs is 1. The predicted octanol–water partition coefficient (Wildman–Crippen LogP) is 3.69. The number of amides is 1. The minimum Gasteiger partial charge on any atom is -0.296 e. The third kappa shape index (κ3) is 3.31. The van der Waals surface area contributed by atoms with E-state index in [4.69, 9.17) is 0 Å². The highest BCUT2D eigenvalue weighted by atomic mass is 79.9. The fourth-order valence-corrected chi connectivity index (χ4v) is 6.30. The Morgan fingerprint density at radius 3 is 2.68 bits per heavy atom. The molecule has 2 aromatic carbocycles. The molecule has 144 valence electrons. The van der Waals surface area contributed by atoms with Crippen LogP contribution in [0.25, 0.3) is 0 Å². The van der Waals surface area contributed by atoms with Crippen molar-refractivity contribution in [1.29, 1.82) is 0 Å². The number of para-hydroxylation sites is 1. The second-order valence-electron chi connectivity index (χ2n) is 6.29. The highest BCUT2D eigenvalue weighted by Gasteiger charge is 2.38. The van der Waals surface area contributed by atoms with E-state index in [1.165, 1.54) is 4.31 Å². The normalized spacial score (nSPS) is 16.1. The van der Waals surface area contributed by atoms with Gasteiger partial charge in [0, 0.05) is 10.5 Å². The molecule has 28 heavy (non-hydrogen) atoms. The molecule has 2 heterocycles. The molecule has 3 aromatic rings. The number of halogens is 1. The number of rotatable bonds is 4. The van der Waals surface area contributed by atoms with Crippen LogP contribution in [-0.2, 0) is 16.4 Å². The summed E-state index contributed by atoms with van der Waals surface area (Å²) < 4.78 is 28.1. The van der Waals surface area contributed by atoms with Gasteiger partial charge in [0.1, 0.15) is 0 Å². The van der Waals surface area contributed by atoms with Crippen molar-refractivity contribution in [3.05, 3.63) is 64.1 Å². The summed E-state index contributed by atoms with van der Waals surface area (Å²) in [5, 5.41) is 10.4. The number of aromatic nitrogens is 2. The van der Waals surface area contributed by atoms with E-state index in [0.717, 1.165) is 16.9 Å². The molecule has 0 aliphatic carbocycles. The summed E-state index contributed by atoms with van der Waals surface area (Å²) in [6, 6.07) is 14.1. The molecule has 0 saturated carbocycles. The Labute approximate surface area is 174 Å². The molecular weight excluding hydrogens is 464 g/mol. The van der Waals surface area contributed by atoms with Crippen LogP contribution in [0, 0.1) is 0 Å². The minimum absolute atomic E-state index is 0.125. The van der Waals surface area contributed by atoms with Crippen molar-refractivity contribution in [2.75, 3.05) is 9.62 Å². The Kier molecular flexibility index (Phi) is 4.94. The molecule has 7 nitrogen and oxygen atoms in total. The number of nitrogens with one attached hydrogen (secondary N) is 1. The number of benzene rings is 2. The smallest absolute Gasteiger partial charge is 0.293 e. The zero-order valence-electron chi connectivity index (χ0n) is 14.7. The van der Waals surface area contributed by atoms with Crippen molar-refractivity contribution < 1.29 is 13.2 Å². The number of nitrogens with zero attached hydrogens (tertiary/aromatic N) is 3. The Morgan fingerprint density at radius 1 is 1.18 bits per heavy atom. The lowest BCUT2D eigenvalue weighted by atomic mass is 10.1. The van der Waals surface area contributed by atoms with Gasteiger partial charge in [0.05, 0.1) is 11.3 Å². The van der Waals surface area contributed by atoms with Crippen molar-refractivity contribution in [1.82, 2.24) is 10.2 Å². The lowest BCUT2D eigenvalue weighted by Crippen LogP contribution is -2.35. The molecule has 10 heteroatoms. The molecule has 0 spiro atoms. The molecule has 0 fully saturated rings. The van der Waals surface area contributed by atoms with E-state index in [2.05, 4.69) is 31.4 Å². The molecule has 1 aliphatic heterocycles. The first-order valence-electron chi connectivity index (χ1n) is 8.39. The molecule has 1 atom stereocenters. The van der Waals surface area contributed by atoms with Gasteiger partial charge >= 0.3 is 0 Å². The predicted molar refractivity (Wildman–Crippen MR) is 111 cm³/mol. The highest BCUT2D eigenvalue weighted by molar-refractivity contribution is 9.10. The maximum absolute atomic E-state index is 13.1. The fraction of sp³-hybridized carbons (Fsp3) is 0.167. The van der Waals surface area contributed by atoms with Gasteiger partial charge in [-0.15, -0.1) is 10.2 Å². The van der Waals surface area contributed by atoms with E-state index in [0.29, 0.717) is 22.1 Å². The Hall–Kier alpha value is -2.30. The van der Waals surface area contributed by atoms with E-state index in [-0.39, 0.29) is 15.5 Å². The summed E-state index contributed by atoms with van der Waals surface area (Å²) in [7, 11) is -3.87. The summed E-state index contributed by atoms with van der Waals surface area (Å²) in [4.78, 5) is 12.4. The highest BCUT2D eigenvalue weighted by Crippen LogP contribution is 2.37. The monoisotopic (exact) mass is 478 g/mol. The second kappa shape index (κ2) is 7.26. The number of carbonyl (C=O) groups excluding carboxylic acids is 1. The summed E-state index contributed by atoms with van der Waals surface area (Å²) in [5.74, 6) is -0.396. The first kappa shape index (κ1) is 19.0. The van der Waals surface area contributed by atoms with Crippen LogP contribution in [0.4, 0.5) is 10.8 Å². The molecule has 1 aromatic heterocycles. The third-order valence-corrected chi connectivity index (χ3v) is 8.17. The average Bonchev–Trinajstić information content (AvgIpc) is 3.26. The lowest BCUT2D eigenvalue weighted by molar-refractivity contribution is 0.102. The largest absolute Gasteiger partial charge is 0.296 e. The molecule has 1 N–H and O–H groups in total. The van der Waals surface area contributed by atoms with Crippen LogP contribution in [0.15, 0.2) is 57.3 Å². The Bertz CT molecular complexity index is 1160. The number of anilines is 2. The van der Waals surface area contributed by atoms with E-state index in [1.807, 2.05) is 25.1 Å². The van der Waals surface area contributed by atoms with Gasteiger partial charge in [0.25, 0.3) is 20.3 Å². The minimum atomic E-state index is -3.87.